The quantitative estimate of drug-likeness (QED) is 0.204. The van der Waals surface area contributed by atoms with Gasteiger partial charge >= 0.3 is 0 Å². The van der Waals surface area contributed by atoms with Crippen molar-refractivity contribution in [2.75, 3.05) is 25.7 Å². The van der Waals surface area contributed by atoms with Gasteiger partial charge in [0.2, 0.25) is 0 Å². The second-order valence-corrected chi connectivity index (χ2v) is 8.20. The molecule has 0 bridgehead atoms. The number of rotatable bonds is 7. The summed E-state index contributed by atoms with van der Waals surface area (Å²) in [4.78, 5) is 32.8. The van der Waals surface area contributed by atoms with Gasteiger partial charge in [0.05, 0.1) is 25.6 Å². The minimum absolute atomic E-state index is 0. The second kappa shape index (κ2) is 10.9. The highest BCUT2D eigenvalue weighted by Gasteiger charge is 2.34. The number of pyridine rings is 1. The first-order valence-electron chi connectivity index (χ1n) is 11.4. The van der Waals surface area contributed by atoms with Crippen LogP contribution in [-0.2, 0) is 6.54 Å². The summed E-state index contributed by atoms with van der Waals surface area (Å²) in [5.41, 5.74) is 2.80. The highest BCUT2D eigenvalue weighted by Crippen LogP contribution is 2.39. The number of aromatic nitrogens is 1. The highest BCUT2D eigenvalue weighted by molar-refractivity contribution is 6.36. The number of ether oxygens (including phenoxy) is 2. The van der Waals surface area contributed by atoms with E-state index in [4.69, 9.17) is 14.6 Å². The van der Waals surface area contributed by atoms with Crippen LogP contribution in [0.15, 0.2) is 78.0 Å². The number of imide groups is 1. The Bertz CT molecular complexity index is 1500. The third-order valence-electron chi connectivity index (χ3n) is 6.14. The predicted octanol–water partition coefficient (Wildman–Crippen LogP) is 0.692. The van der Waals surface area contributed by atoms with Gasteiger partial charge in [0.1, 0.15) is 6.61 Å². The number of benzene rings is 3. The van der Waals surface area contributed by atoms with Gasteiger partial charge < -0.3 is 31.6 Å². The number of halogens is 1. The van der Waals surface area contributed by atoms with E-state index in [1.54, 1.807) is 48.7 Å². The Morgan fingerprint density at radius 1 is 0.919 bits per heavy atom. The maximum Gasteiger partial charge on any atom is 0.265 e. The van der Waals surface area contributed by atoms with E-state index < -0.39 is 11.8 Å². The van der Waals surface area contributed by atoms with E-state index in [-0.39, 0.29) is 23.6 Å². The smallest absolute Gasteiger partial charge is 0.265 e. The molecule has 37 heavy (non-hydrogen) atoms. The van der Waals surface area contributed by atoms with Gasteiger partial charge in [-0.1, -0.05) is 12.1 Å². The topological polar surface area (TPSA) is 92.3 Å². The van der Waals surface area contributed by atoms with Gasteiger partial charge in [-0.2, -0.15) is 0 Å². The van der Waals surface area contributed by atoms with E-state index in [9.17, 15) is 9.59 Å². The molecule has 0 saturated heterocycles. The Kier molecular flexibility index (Phi) is 7.66. The maximum absolute atomic E-state index is 13.5. The van der Waals surface area contributed by atoms with Crippen LogP contribution >= 0.6 is 0 Å². The molecule has 0 fully saturated rings. The molecule has 1 aliphatic rings. The molecule has 0 spiro atoms. The van der Waals surface area contributed by atoms with Crippen LogP contribution < -0.4 is 35.9 Å². The number of amides is 2. The van der Waals surface area contributed by atoms with Crippen LogP contribution in [0, 0.1) is 0 Å². The highest BCUT2D eigenvalue weighted by atomic mass is 79.9. The number of hydrogen-bond acceptors (Lipinski definition) is 6. The molecule has 0 aliphatic carbocycles. The lowest BCUT2D eigenvalue weighted by Gasteiger charge is -2.28. The average molecular weight is 562 g/mol. The standard InChI is InChI=1S/C28H24N3O5.BrH/c1-35-24-9-6-19(16-25(24)36-2)31-27(33)21-5-3-4-20-23(8-7-22(26(20)21)28(31)34)29-17-18-10-12-30(13-11-18)14-15-32;/h3-13,16-17,32H,14-15H2,1-2H3;1H/q+1;/p-1/b29-17+;. The molecule has 0 saturated carbocycles. The van der Waals surface area contributed by atoms with Gasteiger partial charge in [0.15, 0.2) is 30.4 Å². The molecule has 0 radical (unpaired) electrons. The van der Waals surface area contributed by atoms with Crippen molar-refractivity contribution in [3.8, 4) is 11.5 Å². The van der Waals surface area contributed by atoms with Gasteiger partial charge in [-0.05, 0) is 30.3 Å². The third-order valence-corrected chi connectivity index (χ3v) is 6.14. The normalized spacial score (nSPS) is 12.7. The zero-order valence-corrected chi connectivity index (χ0v) is 21.8. The Hall–Kier alpha value is -4.08. The summed E-state index contributed by atoms with van der Waals surface area (Å²) in [6, 6.07) is 17.6. The molecule has 1 aromatic heterocycles. The summed E-state index contributed by atoms with van der Waals surface area (Å²) in [7, 11) is 3.03. The van der Waals surface area contributed by atoms with Crippen LogP contribution in [0.25, 0.3) is 10.8 Å². The summed E-state index contributed by atoms with van der Waals surface area (Å²) in [6.45, 7) is 0.592. The van der Waals surface area contributed by atoms with Crippen LogP contribution in [0.3, 0.4) is 0 Å². The number of hydrogen-bond donors (Lipinski definition) is 1. The van der Waals surface area contributed by atoms with E-state index in [0.29, 0.717) is 45.9 Å². The molecule has 9 heteroatoms. The third kappa shape index (κ3) is 4.71. The number of aliphatic hydroxyl groups excluding tert-OH is 1. The molecule has 5 rings (SSSR count). The number of nitrogens with zero attached hydrogens (tertiary/aromatic N) is 3. The van der Waals surface area contributed by atoms with E-state index in [0.717, 1.165) is 15.8 Å². The van der Waals surface area contributed by atoms with Crippen LogP contribution in [0.2, 0.25) is 0 Å². The first-order chi connectivity index (χ1) is 17.5. The SMILES string of the molecule is COc1ccc(N2C(=O)c3cccc4c(/N=C/c5cc[n+](CCO)cc5)ccc(c34)C2=O)cc1OC.[Br-]. The van der Waals surface area contributed by atoms with Crippen molar-refractivity contribution >= 4 is 40.2 Å². The molecule has 0 unspecified atom stereocenters. The van der Waals surface area contributed by atoms with Gasteiger partial charge in [-0.3, -0.25) is 14.6 Å². The van der Waals surface area contributed by atoms with Crippen molar-refractivity contribution in [3.63, 3.8) is 0 Å². The van der Waals surface area contributed by atoms with Crippen molar-refractivity contribution in [3.05, 3.63) is 89.7 Å². The second-order valence-electron chi connectivity index (χ2n) is 8.20. The van der Waals surface area contributed by atoms with E-state index in [1.807, 2.05) is 35.2 Å². The van der Waals surface area contributed by atoms with Gasteiger partial charge in [-0.25, -0.2) is 9.47 Å². The summed E-state index contributed by atoms with van der Waals surface area (Å²) >= 11 is 0. The van der Waals surface area contributed by atoms with E-state index >= 15 is 0 Å². The zero-order valence-electron chi connectivity index (χ0n) is 20.2. The first kappa shape index (κ1) is 26.0. The first-order valence-corrected chi connectivity index (χ1v) is 11.4. The minimum atomic E-state index is -0.414. The fourth-order valence-corrected chi connectivity index (χ4v) is 4.36. The molecule has 4 aromatic rings. The fourth-order valence-electron chi connectivity index (χ4n) is 4.36. The molecule has 2 heterocycles. The largest absolute Gasteiger partial charge is 1.00 e. The van der Waals surface area contributed by atoms with Crippen molar-refractivity contribution in [2.24, 2.45) is 4.99 Å². The van der Waals surface area contributed by atoms with E-state index in [1.165, 1.54) is 14.2 Å². The van der Waals surface area contributed by atoms with Crippen LogP contribution in [0.1, 0.15) is 26.3 Å². The zero-order chi connectivity index (χ0) is 25.2. The minimum Gasteiger partial charge on any atom is -1.00 e. The molecular formula is C28H24BrN3O5. The number of anilines is 1. The van der Waals surface area contributed by atoms with Gasteiger partial charge in [0, 0.05) is 51.9 Å². The van der Waals surface area contributed by atoms with Crippen LogP contribution in [0.4, 0.5) is 11.4 Å². The predicted molar refractivity (Wildman–Crippen MR) is 136 cm³/mol. The monoisotopic (exact) mass is 561 g/mol. The summed E-state index contributed by atoms with van der Waals surface area (Å²) in [6.07, 6.45) is 5.47. The Morgan fingerprint density at radius 3 is 2.30 bits per heavy atom. The van der Waals surface area contributed by atoms with Gasteiger partial charge in [-0.15, -0.1) is 0 Å². The lowest BCUT2D eigenvalue weighted by Crippen LogP contribution is -3.00. The molecular weight excluding hydrogens is 538 g/mol. The van der Waals surface area contributed by atoms with Crippen molar-refractivity contribution in [2.45, 2.75) is 6.54 Å². The lowest BCUT2D eigenvalue weighted by molar-refractivity contribution is -0.698. The van der Waals surface area contributed by atoms with Crippen LogP contribution in [-0.4, -0.2) is 44.0 Å². The fraction of sp³-hybridized carbons (Fsp3) is 0.143. The van der Waals surface area contributed by atoms with E-state index in [2.05, 4.69) is 4.99 Å². The van der Waals surface area contributed by atoms with Gasteiger partial charge in [0.25, 0.3) is 11.8 Å². The number of aliphatic imine (C=N–C) groups is 1. The molecule has 2 amide bonds. The summed E-state index contributed by atoms with van der Waals surface area (Å²) in [5, 5.41) is 10.4. The number of carbonyl (C=O) groups is 2. The molecule has 0 atom stereocenters. The van der Waals surface area contributed by atoms with Crippen molar-refractivity contribution in [1.82, 2.24) is 0 Å². The Labute approximate surface area is 224 Å². The number of carbonyl (C=O) groups excluding carboxylic acids is 2. The summed E-state index contributed by atoms with van der Waals surface area (Å²) in [5.74, 6) is 0.0998. The van der Waals surface area contributed by atoms with Crippen LogP contribution in [0.5, 0.6) is 11.5 Å². The molecule has 1 aliphatic heterocycles. The average Bonchev–Trinajstić information content (AvgIpc) is 2.91. The number of aliphatic hydroxyl groups is 1. The molecule has 1 N–H and O–H groups in total. The molecule has 8 nitrogen and oxygen atoms in total. The number of methoxy groups -OCH3 is 2. The van der Waals surface area contributed by atoms with Crippen molar-refractivity contribution < 1.29 is 45.7 Å². The Morgan fingerprint density at radius 2 is 1.62 bits per heavy atom. The summed E-state index contributed by atoms with van der Waals surface area (Å²) < 4.78 is 12.5. The van der Waals surface area contributed by atoms with Crippen molar-refractivity contribution in [1.29, 1.82) is 0 Å². The Balaban J connectivity index is 0.00000320. The maximum atomic E-state index is 13.5. The lowest BCUT2D eigenvalue weighted by atomic mass is 9.92. The molecule has 188 valence electrons. The molecule has 3 aromatic carbocycles.